The Kier molecular flexibility index (Phi) is 7.17. The average molecular weight is 555 g/mol. The maximum Gasteiger partial charge on any atom is 0.280 e. The number of amides is 2. The Labute approximate surface area is 238 Å². The molecule has 2 bridgehead atoms. The summed E-state index contributed by atoms with van der Waals surface area (Å²) < 4.78 is 7.84. The molecule has 2 aromatic heterocycles. The van der Waals surface area contributed by atoms with E-state index in [-0.39, 0.29) is 11.8 Å². The topological polar surface area (TPSA) is 117 Å². The van der Waals surface area contributed by atoms with Gasteiger partial charge in [0.05, 0.1) is 41.1 Å². The number of anilines is 3. The fourth-order valence-electron chi connectivity index (χ4n) is 5.52. The van der Waals surface area contributed by atoms with Crippen molar-refractivity contribution in [2.24, 2.45) is 18.0 Å². The van der Waals surface area contributed by atoms with E-state index >= 15 is 0 Å². The summed E-state index contributed by atoms with van der Waals surface area (Å²) in [5.41, 5.74) is 5.37. The van der Waals surface area contributed by atoms with Crippen molar-refractivity contribution < 1.29 is 14.3 Å². The molecular weight excluding hydrogens is 520 g/mol. The van der Waals surface area contributed by atoms with Crippen LogP contribution in [0.25, 0.3) is 11.3 Å². The zero-order valence-electron chi connectivity index (χ0n) is 23.4. The Morgan fingerprint density at radius 3 is 2.93 bits per heavy atom. The molecule has 5 heterocycles. The summed E-state index contributed by atoms with van der Waals surface area (Å²) in [6.07, 6.45) is 5.79. The first kappa shape index (κ1) is 26.5. The van der Waals surface area contributed by atoms with Crippen LogP contribution >= 0.6 is 0 Å². The number of hydrogen-bond acceptors (Lipinski definition) is 8. The van der Waals surface area contributed by atoms with Gasteiger partial charge in [0.2, 0.25) is 17.7 Å². The Bertz CT molecular complexity index is 1540. The van der Waals surface area contributed by atoms with Crippen LogP contribution in [0, 0.1) is 12.8 Å². The predicted molar refractivity (Wildman–Crippen MR) is 158 cm³/mol. The van der Waals surface area contributed by atoms with Crippen LogP contribution in [-0.4, -0.2) is 70.2 Å². The molecule has 41 heavy (non-hydrogen) atoms. The molecule has 3 aliphatic rings. The molecule has 6 rings (SSSR count). The fraction of sp³-hybridized carbons (Fsp3) is 0.367. The number of carbonyl (C=O) groups excluding carboxylic acids is 2. The first-order valence-electron chi connectivity index (χ1n) is 14.0. The van der Waals surface area contributed by atoms with Gasteiger partial charge in [0, 0.05) is 50.4 Å². The molecule has 3 aliphatic heterocycles. The van der Waals surface area contributed by atoms with E-state index in [9.17, 15) is 9.59 Å². The summed E-state index contributed by atoms with van der Waals surface area (Å²) in [5.74, 6) is 1.13. The van der Waals surface area contributed by atoms with Gasteiger partial charge in [-0.2, -0.15) is 10.1 Å². The van der Waals surface area contributed by atoms with Crippen molar-refractivity contribution in [2.75, 3.05) is 48.3 Å². The highest BCUT2D eigenvalue weighted by Gasteiger charge is 2.32. The first-order chi connectivity index (χ1) is 19.9. The van der Waals surface area contributed by atoms with E-state index < -0.39 is 0 Å². The number of ether oxygens (including phenoxy) is 1. The van der Waals surface area contributed by atoms with Gasteiger partial charge in [-0.15, -0.1) is 0 Å². The second-order valence-electron chi connectivity index (χ2n) is 10.7. The molecule has 11 nitrogen and oxygen atoms in total. The third-order valence-electron chi connectivity index (χ3n) is 7.67. The van der Waals surface area contributed by atoms with Crippen molar-refractivity contribution in [3.05, 3.63) is 60.4 Å². The summed E-state index contributed by atoms with van der Waals surface area (Å²) in [6.45, 7) is 8.84. The van der Waals surface area contributed by atoms with Crippen LogP contribution in [0.3, 0.4) is 0 Å². The van der Waals surface area contributed by atoms with Crippen molar-refractivity contribution in [1.29, 1.82) is 0 Å². The maximum absolute atomic E-state index is 13.5. The van der Waals surface area contributed by atoms with Crippen LogP contribution in [0.1, 0.15) is 35.3 Å². The summed E-state index contributed by atoms with van der Waals surface area (Å²) in [5, 5.41) is 11.3. The highest BCUT2D eigenvalue weighted by Crippen LogP contribution is 2.40. The lowest BCUT2D eigenvalue weighted by Gasteiger charge is -2.39. The SMILES string of the molecule is C=CC(=O)N1CC(CNc2cccc3c2N2CCCCCOc4c(cnn4C)-c4cc(cc(C)n4)C(=O)/N=C/2N3)C1. The van der Waals surface area contributed by atoms with Crippen molar-refractivity contribution in [1.82, 2.24) is 19.7 Å². The minimum atomic E-state index is -0.353. The Hall–Kier alpha value is -4.67. The zero-order valence-corrected chi connectivity index (χ0v) is 23.4. The van der Waals surface area contributed by atoms with Crippen LogP contribution in [0.15, 0.2) is 54.2 Å². The minimum absolute atomic E-state index is 0.0272. The first-order valence-corrected chi connectivity index (χ1v) is 14.0. The summed E-state index contributed by atoms with van der Waals surface area (Å²) in [6, 6.07) is 9.53. The standard InChI is InChI=1S/C30H34N8O3/c1-4-26(39)37-17-20(18-37)15-31-23-9-8-10-24-27(23)38-11-6-5-7-12-41-29-22(16-32-36(29)3)25-14-21(13-19(2)33-25)28(40)35-30(38)34-24/h4,8-10,13-14,16,20,31H,1,5-7,11-12,15,17-18H2,2-3H3,(H,34,35,40). The van der Waals surface area contributed by atoms with Crippen LogP contribution in [0.4, 0.5) is 17.1 Å². The normalized spacial score (nSPS) is 18.3. The van der Waals surface area contributed by atoms with Crippen molar-refractivity contribution in [2.45, 2.75) is 26.2 Å². The van der Waals surface area contributed by atoms with Gasteiger partial charge in [-0.3, -0.25) is 14.6 Å². The highest BCUT2D eigenvalue weighted by atomic mass is 16.5. The largest absolute Gasteiger partial charge is 0.477 e. The minimum Gasteiger partial charge on any atom is -0.477 e. The molecule has 0 spiro atoms. The molecule has 1 aromatic carbocycles. The lowest BCUT2D eigenvalue weighted by atomic mass is 10.00. The number of para-hydroxylation sites is 1. The van der Waals surface area contributed by atoms with Crippen LogP contribution in [-0.2, 0) is 11.8 Å². The van der Waals surface area contributed by atoms with E-state index in [0.717, 1.165) is 48.4 Å². The number of pyridine rings is 1. The number of rotatable bonds is 4. The van der Waals surface area contributed by atoms with Crippen molar-refractivity contribution >= 4 is 34.8 Å². The van der Waals surface area contributed by atoms with E-state index in [1.54, 1.807) is 27.9 Å². The number of fused-ring (bicyclic) bond motifs is 7. The van der Waals surface area contributed by atoms with Crippen LogP contribution in [0.5, 0.6) is 5.88 Å². The Balaban J connectivity index is 1.29. The second kappa shape index (κ2) is 11.1. The van der Waals surface area contributed by atoms with E-state index in [0.29, 0.717) is 60.9 Å². The van der Waals surface area contributed by atoms with Gasteiger partial charge < -0.3 is 25.2 Å². The molecule has 2 amide bonds. The van der Waals surface area contributed by atoms with Gasteiger partial charge in [-0.1, -0.05) is 12.6 Å². The second-order valence-corrected chi connectivity index (χ2v) is 10.7. The van der Waals surface area contributed by atoms with Gasteiger partial charge in [0.1, 0.15) is 0 Å². The number of likely N-dealkylation sites (tertiary alicyclic amines) is 1. The zero-order chi connectivity index (χ0) is 28.5. The summed E-state index contributed by atoms with van der Waals surface area (Å²) in [4.78, 5) is 38.5. The van der Waals surface area contributed by atoms with Crippen LogP contribution in [0.2, 0.25) is 0 Å². The number of nitrogens with zero attached hydrogens (tertiary/aromatic N) is 6. The van der Waals surface area contributed by atoms with E-state index in [4.69, 9.17) is 4.74 Å². The number of aliphatic imine (C=N–C) groups is 1. The summed E-state index contributed by atoms with van der Waals surface area (Å²) in [7, 11) is 1.84. The highest BCUT2D eigenvalue weighted by molar-refractivity contribution is 6.21. The molecule has 0 aliphatic carbocycles. The van der Waals surface area contributed by atoms with Gasteiger partial charge in [-0.05, 0) is 56.5 Å². The Morgan fingerprint density at radius 2 is 2.10 bits per heavy atom. The molecule has 1 fully saturated rings. The lowest BCUT2D eigenvalue weighted by molar-refractivity contribution is -0.131. The monoisotopic (exact) mass is 554 g/mol. The molecule has 3 aromatic rings. The van der Waals surface area contributed by atoms with Crippen molar-refractivity contribution in [3.63, 3.8) is 0 Å². The maximum atomic E-state index is 13.5. The number of hydrogen-bond donors (Lipinski definition) is 2. The lowest BCUT2D eigenvalue weighted by Crippen LogP contribution is -2.51. The van der Waals surface area contributed by atoms with Crippen molar-refractivity contribution in [3.8, 4) is 17.1 Å². The molecule has 212 valence electrons. The number of benzene rings is 1. The predicted octanol–water partition coefficient (Wildman–Crippen LogP) is 3.84. The third kappa shape index (κ3) is 5.27. The fourth-order valence-corrected chi connectivity index (χ4v) is 5.52. The van der Waals surface area contributed by atoms with Crippen LogP contribution < -0.4 is 20.3 Å². The Morgan fingerprint density at radius 1 is 1.24 bits per heavy atom. The molecule has 0 saturated carbocycles. The molecule has 2 N–H and O–H groups in total. The summed E-state index contributed by atoms with van der Waals surface area (Å²) >= 11 is 0. The van der Waals surface area contributed by atoms with Gasteiger partial charge in [0.15, 0.2) is 0 Å². The number of aromatic nitrogens is 3. The molecule has 11 heteroatoms. The van der Waals surface area contributed by atoms with Gasteiger partial charge in [-0.25, -0.2) is 4.68 Å². The molecule has 0 radical (unpaired) electrons. The molecular formula is C30H34N8O3. The molecule has 1 saturated heterocycles. The van der Waals surface area contributed by atoms with Gasteiger partial charge >= 0.3 is 0 Å². The number of aryl methyl sites for hydroxylation is 2. The average Bonchev–Trinajstić information content (AvgIpc) is 3.48. The molecule has 0 atom stereocenters. The van der Waals surface area contributed by atoms with Gasteiger partial charge in [0.25, 0.3) is 5.91 Å². The number of nitrogens with one attached hydrogen (secondary N) is 2. The van der Waals surface area contributed by atoms with E-state index in [1.165, 1.54) is 6.08 Å². The molecule has 0 unspecified atom stereocenters. The van der Waals surface area contributed by atoms with E-state index in [1.807, 2.05) is 32.2 Å². The third-order valence-corrected chi connectivity index (χ3v) is 7.67. The quantitative estimate of drug-likeness (QED) is 0.468. The number of guanidine groups is 1. The number of carbonyl (C=O) groups is 2. The van der Waals surface area contributed by atoms with E-state index in [2.05, 4.69) is 37.2 Å². The smallest absolute Gasteiger partial charge is 0.280 e.